The number of Topliss-reactive ketones (excluding diaryl/α,β-unsaturated/α-hetero) is 1. The lowest BCUT2D eigenvalue weighted by Crippen LogP contribution is -2.60. The summed E-state index contributed by atoms with van der Waals surface area (Å²) in [5.41, 5.74) is -2.13. The van der Waals surface area contributed by atoms with Crippen molar-refractivity contribution in [1.29, 1.82) is 0 Å². The number of ketones is 1. The molecule has 28 heavy (non-hydrogen) atoms. The van der Waals surface area contributed by atoms with Crippen molar-refractivity contribution >= 4 is 11.7 Å². The Bertz CT molecular complexity index is 744. The van der Waals surface area contributed by atoms with Gasteiger partial charge in [-0.05, 0) is 18.9 Å². The maximum Gasteiger partial charge on any atom is 0.262 e. The Morgan fingerprint density at radius 2 is 1.96 bits per heavy atom. The van der Waals surface area contributed by atoms with E-state index in [9.17, 15) is 9.59 Å². The van der Waals surface area contributed by atoms with Crippen LogP contribution in [0.15, 0.2) is 18.3 Å². The van der Waals surface area contributed by atoms with E-state index in [4.69, 9.17) is 4.74 Å². The molecule has 1 saturated heterocycles. The molecule has 152 valence electrons. The van der Waals surface area contributed by atoms with Crippen molar-refractivity contribution in [1.82, 2.24) is 15.2 Å². The molecule has 1 N–H and O–H groups in total. The van der Waals surface area contributed by atoms with Gasteiger partial charge in [0, 0.05) is 49.8 Å². The van der Waals surface area contributed by atoms with E-state index in [1.807, 2.05) is 0 Å². The molecule has 4 rings (SSSR count). The van der Waals surface area contributed by atoms with Gasteiger partial charge in [-0.25, -0.2) is 4.39 Å². The number of fused-ring (bicyclic) bond motifs is 1. The van der Waals surface area contributed by atoms with Crippen LogP contribution in [0.2, 0.25) is 0 Å². The summed E-state index contributed by atoms with van der Waals surface area (Å²) in [5, 5.41) is 2.92. The molecule has 2 aliphatic carbocycles. The van der Waals surface area contributed by atoms with E-state index in [-0.39, 0.29) is 35.4 Å². The Labute approximate surface area is 164 Å². The molecular formula is C21H28FN3O3. The van der Waals surface area contributed by atoms with Crippen molar-refractivity contribution in [3.8, 4) is 0 Å². The summed E-state index contributed by atoms with van der Waals surface area (Å²) < 4.78 is 21.3. The largest absolute Gasteiger partial charge is 0.379 e. The van der Waals surface area contributed by atoms with Crippen molar-refractivity contribution in [3.63, 3.8) is 0 Å². The van der Waals surface area contributed by atoms with Gasteiger partial charge in [-0.3, -0.25) is 19.5 Å². The van der Waals surface area contributed by atoms with E-state index in [1.54, 1.807) is 6.07 Å². The highest BCUT2D eigenvalue weighted by atomic mass is 19.1. The molecule has 0 radical (unpaired) electrons. The first-order valence-electron chi connectivity index (χ1n) is 10.3. The summed E-state index contributed by atoms with van der Waals surface area (Å²) in [5.74, 6) is -0.846. The fourth-order valence-corrected chi connectivity index (χ4v) is 4.96. The van der Waals surface area contributed by atoms with Gasteiger partial charge in [0.05, 0.1) is 13.2 Å². The topological polar surface area (TPSA) is 71.5 Å². The number of hydrogen-bond donors (Lipinski definition) is 1. The van der Waals surface area contributed by atoms with Crippen LogP contribution in [0.25, 0.3) is 0 Å². The molecule has 0 spiro atoms. The van der Waals surface area contributed by atoms with Gasteiger partial charge in [-0.1, -0.05) is 25.3 Å². The van der Waals surface area contributed by atoms with Crippen molar-refractivity contribution in [2.24, 2.45) is 0 Å². The zero-order chi connectivity index (χ0) is 19.6. The van der Waals surface area contributed by atoms with Crippen molar-refractivity contribution in [2.75, 3.05) is 32.8 Å². The van der Waals surface area contributed by atoms with E-state index < -0.39 is 11.6 Å². The molecule has 1 amide bonds. The van der Waals surface area contributed by atoms with Crippen LogP contribution in [0.5, 0.6) is 0 Å². The maximum atomic E-state index is 15.8. The average molecular weight is 389 g/mol. The number of rotatable bonds is 4. The van der Waals surface area contributed by atoms with Crippen molar-refractivity contribution < 1.29 is 18.7 Å². The Morgan fingerprint density at radius 1 is 1.21 bits per heavy atom. The average Bonchev–Trinajstić information content (AvgIpc) is 2.76. The second kappa shape index (κ2) is 7.87. The summed E-state index contributed by atoms with van der Waals surface area (Å²) in [4.78, 5) is 31.5. The van der Waals surface area contributed by atoms with Gasteiger partial charge in [0.15, 0.2) is 5.78 Å². The third kappa shape index (κ3) is 3.46. The molecule has 0 bridgehead atoms. The molecule has 2 heterocycles. The lowest BCUT2D eigenvalue weighted by atomic mass is 9.78. The molecule has 1 atom stereocenters. The third-order valence-electron chi connectivity index (χ3n) is 6.60. The number of ether oxygens (including phenoxy) is 1. The summed E-state index contributed by atoms with van der Waals surface area (Å²) in [7, 11) is 0. The monoisotopic (exact) mass is 389 g/mol. The van der Waals surface area contributed by atoms with Gasteiger partial charge in [0.1, 0.15) is 5.69 Å². The Balaban J connectivity index is 1.52. The van der Waals surface area contributed by atoms with E-state index in [1.165, 1.54) is 18.7 Å². The van der Waals surface area contributed by atoms with E-state index in [0.29, 0.717) is 19.8 Å². The van der Waals surface area contributed by atoms with Crippen LogP contribution < -0.4 is 5.32 Å². The van der Waals surface area contributed by atoms with E-state index in [0.717, 1.165) is 38.8 Å². The number of alkyl halides is 1. The van der Waals surface area contributed by atoms with Crippen LogP contribution in [0.4, 0.5) is 4.39 Å². The summed E-state index contributed by atoms with van der Waals surface area (Å²) in [6.45, 7) is 3.52. The van der Waals surface area contributed by atoms with Crippen LogP contribution in [0.1, 0.15) is 61.0 Å². The summed E-state index contributed by atoms with van der Waals surface area (Å²) >= 11 is 0. The normalized spacial score (nSPS) is 27.8. The van der Waals surface area contributed by atoms with E-state index >= 15 is 4.39 Å². The molecule has 2 fully saturated rings. The SMILES string of the molecule is O=C1CCC(F)(C(=O)NCC2(N3CCOCC3)CCCCC2)c2cccnc21. The van der Waals surface area contributed by atoms with Gasteiger partial charge in [0.2, 0.25) is 5.67 Å². The standard InChI is InChI=1S/C21H28FN3O3/c22-21(9-6-17(26)18-16(21)5-4-10-23-18)19(27)24-15-20(7-2-1-3-8-20)25-11-13-28-14-12-25/h4-5,10H,1-3,6-9,11-15H2,(H,24,27). The first-order valence-corrected chi connectivity index (χ1v) is 10.3. The quantitative estimate of drug-likeness (QED) is 0.856. The minimum Gasteiger partial charge on any atom is -0.379 e. The zero-order valence-corrected chi connectivity index (χ0v) is 16.2. The van der Waals surface area contributed by atoms with Crippen LogP contribution >= 0.6 is 0 Å². The van der Waals surface area contributed by atoms with Crippen molar-refractivity contribution in [3.05, 3.63) is 29.6 Å². The highest BCUT2D eigenvalue weighted by molar-refractivity contribution is 6.01. The Hall–Kier alpha value is -1.86. The molecule has 3 aliphatic rings. The molecule has 1 saturated carbocycles. The van der Waals surface area contributed by atoms with Crippen molar-refractivity contribution in [2.45, 2.75) is 56.2 Å². The van der Waals surface area contributed by atoms with Gasteiger partial charge >= 0.3 is 0 Å². The smallest absolute Gasteiger partial charge is 0.262 e. The predicted octanol–water partition coefficient (Wildman–Crippen LogP) is 2.37. The maximum absolute atomic E-state index is 15.8. The fraction of sp³-hybridized carbons (Fsp3) is 0.667. The zero-order valence-electron chi connectivity index (χ0n) is 16.2. The van der Waals surface area contributed by atoms with Gasteiger partial charge in [0.25, 0.3) is 5.91 Å². The Morgan fingerprint density at radius 3 is 2.71 bits per heavy atom. The number of nitrogens with one attached hydrogen (secondary N) is 1. The highest BCUT2D eigenvalue weighted by Gasteiger charge is 2.48. The number of carbonyl (C=O) groups excluding carboxylic acids is 2. The number of carbonyl (C=O) groups is 2. The number of pyridine rings is 1. The third-order valence-corrected chi connectivity index (χ3v) is 6.60. The second-order valence-corrected chi connectivity index (χ2v) is 8.19. The molecular weight excluding hydrogens is 361 g/mol. The predicted molar refractivity (Wildman–Crippen MR) is 102 cm³/mol. The number of amides is 1. The first kappa shape index (κ1) is 19.5. The van der Waals surface area contributed by atoms with Gasteiger partial charge in [-0.15, -0.1) is 0 Å². The molecule has 0 aromatic carbocycles. The molecule has 1 unspecified atom stereocenters. The van der Waals surface area contributed by atoms with Crippen LogP contribution in [-0.4, -0.2) is 60.0 Å². The minimum atomic E-state index is -2.20. The van der Waals surface area contributed by atoms with Crippen LogP contribution in [0, 0.1) is 0 Å². The van der Waals surface area contributed by atoms with Gasteiger partial charge < -0.3 is 10.1 Å². The number of nitrogens with zero attached hydrogens (tertiary/aromatic N) is 2. The number of aromatic nitrogens is 1. The fourth-order valence-electron chi connectivity index (χ4n) is 4.96. The minimum absolute atomic E-state index is 0.00252. The summed E-state index contributed by atoms with van der Waals surface area (Å²) in [6.07, 6.45) is 6.80. The van der Waals surface area contributed by atoms with Crippen LogP contribution in [0.3, 0.4) is 0 Å². The molecule has 1 aromatic heterocycles. The molecule has 1 aromatic rings. The first-order chi connectivity index (χ1) is 13.6. The lowest BCUT2D eigenvalue weighted by molar-refractivity contribution is -0.135. The highest BCUT2D eigenvalue weighted by Crippen LogP contribution is 2.39. The summed E-state index contributed by atoms with van der Waals surface area (Å²) in [6, 6.07) is 3.09. The molecule has 7 heteroatoms. The number of morpholine rings is 1. The Kier molecular flexibility index (Phi) is 5.47. The van der Waals surface area contributed by atoms with E-state index in [2.05, 4.69) is 15.2 Å². The number of hydrogen-bond acceptors (Lipinski definition) is 5. The number of halogens is 1. The van der Waals surface area contributed by atoms with Gasteiger partial charge in [-0.2, -0.15) is 0 Å². The lowest BCUT2D eigenvalue weighted by Gasteiger charge is -2.48. The molecule has 6 nitrogen and oxygen atoms in total. The second-order valence-electron chi connectivity index (χ2n) is 8.19. The molecule has 1 aliphatic heterocycles. The van der Waals surface area contributed by atoms with Crippen LogP contribution in [-0.2, 0) is 15.2 Å².